The minimum Gasteiger partial charge on any atom is -2.00 e. The van der Waals surface area contributed by atoms with Crippen LogP contribution in [0.1, 0.15) is 0 Å². The molecule has 0 aromatic rings. The predicted octanol–water partition coefficient (Wildman–Crippen LogP) is -3.35. The van der Waals surface area contributed by atoms with Crippen LogP contribution >= 0.6 is 0 Å². The van der Waals surface area contributed by atoms with E-state index in [1.807, 2.05) is 0 Å². The summed E-state index contributed by atoms with van der Waals surface area (Å²) in [6.45, 7) is 0. The molecule has 0 aromatic carbocycles. The topological polar surface area (TPSA) is 85.5 Å². The van der Waals surface area contributed by atoms with Gasteiger partial charge in [-0.1, -0.05) is 0 Å². The Labute approximate surface area is 86.5 Å². The molecule has 6 heteroatoms. The van der Waals surface area contributed by atoms with Gasteiger partial charge in [-0.15, -0.1) is 0 Å². The van der Waals surface area contributed by atoms with Crippen LogP contribution < -0.4 is 18.9 Å². The van der Waals surface area contributed by atoms with Crippen molar-refractivity contribution in [1.82, 2.24) is 0 Å². The molecule has 0 rings (SSSR count). The van der Waals surface area contributed by atoms with E-state index < -0.39 is 0 Å². The van der Waals surface area contributed by atoms with Gasteiger partial charge in [-0.3, -0.25) is 0 Å². The van der Waals surface area contributed by atoms with Crippen molar-refractivity contribution < 1.29 is 87.7 Å². The maximum Gasteiger partial charge on any atom is 3.00 e. The molecule has 3 nitrogen and oxygen atoms in total. The Balaban J connectivity index is 0. The summed E-state index contributed by atoms with van der Waals surface area (Å²) in [5.74, 6) is 0. The fraction of sp³-hybridized carbons (Fsp3) is 0. The van der Waals surface area contributed by atoms with Crippen molar-refractivity contribution in [3.63, 3.8) is 0 Å². The molecule has 0 bridgehead atoms. The average molecular weight is 253 g/mol. The maximum atomic E-state index is 0. The number of hydrogen-bond acceptors (Lipinski definition) is 0. The Bertz CT molecular complexity index is 10.8. The monoisotopic (exact) mass is 253 g/mol. The van der Waals surface area contributed by atoms with E-state index in [2.05, 4.69) is 0 Å². The summed E-state index contributed by atoms with van der Waals surface area (Å²) in [6, 6.07) is 0. The van der Waals surface area contributed by atoms with Crippen molar-refractivity contribution in [2.24, 2.45) is 0 Å². The van der Waals surface area contributed by atoms with E-state index in [1.165, 1.54) is 0 Å². The largest absolute Gasteiger partial charge is 3.00 e. The molecule has 0 fully saturated rings. The second kappa shape index (κ2) is 57.7. The molecule has 0 saturated carbocycles. The summed E-state index contributed by atoms with van der Waals surface area (Å²) >= 11 is 0. The first-order valence-electron chi connectivity index (χ1n) is 0. The summed E-state index contributed by atoms with van der Waals surface area (Å²) in [7, 11) is 0. The molecule has 6 heavy (non-hydrogen) atoms. The molecule has 0 aliphatic rings. The van der Waals surface area contributed by atoms with Gasteiger partial charge >= 0.3 is 71.2 Å². The molecule has 0 aliphatic heterocycles. The van der Waals surface area contributed by atoms with E-state index >= 15 is 0 Å². The number of rotatable bonds is 0. The quantitative estimate of drug-likeness (QED) is 0.404. The van der Waals surface area contributed by atoms with Crippen LogP contribution in [0.15, 0.2) is 0 Å². The Morgan fingerprint density at radius 3 is 0.667 bits per heavy atom. The standard InChI is InChI=1S/Co.La.Li.3O/q+2;+3;+1;3*-2. The van der Waals surface area contributed by atoms with Gasteiger partial charge in [0, 0.05) is 0 Å². The van der Waals surface area contributed by atoms with Crippen LogP contribution in [0.2, 0.25) is 0 Å². The molecule has 1 radical (unpaired) electrons. The van der Waals surface area contributed by atoms with Gasteiger partial charge in [0.25, 0.3) is 0 Å². The van der Waals surface area contributed by atoms with Crippen LogP contribution in [-0.2, 0) is 33.2 Å². The Morgan fingerprint density at radius 1 is 0.667 bits per heavy atom. The zero-order valence-corrected chi connectivity index (χ0v) is 7.80. The van der Waals surface area contributed by atoms with Crippen molar-refractivity contribution in [3.8, 4) is 0 Å². The first-order chi connectivity index (χ1) is 0. The van der Waals surface area contributed by atoms with Crippen LogP contribution in [0, 0.1) is 35.6 Å². The van der Waals surface area contributed by atoms with Gasteiger partial charge in [0.15, 0.2) is 0 Å². The van der Waals surface area contributed by atoms with Gasteiger partial charge in [-0.2, -0.15) is 0 Å². The maximum absolute atomic E-state index is 0. The first-order valence-corrected chi connectivity index (χ1v) is 0. The third kappa shape index (κ3) is 34.9. The Hall–Kier alpha value is 2.18. The summed E-state index contributed by atoms with van der Waals surface area (Å²) < 4.78 is 0. The molecular weight excluding hydrogens is 253 g/mol. The van der Waals surface area contributed by atoms with Crippen LogP contribution in [0.25, 0.3) is 0 Å². The van der Waals surface area contributed by atoms with E-state index in [-0.39, 0.29) is 87.7 Å². The van der Waals surface area contributed by atoms with E-state index in [0.29, 0.717) is 0 Å². The predicted molar refractivity (Wildman–Crippen MR) is 2.06 cm³/mol. The third-order valence-electron chi connectivity index (χ3n) is 0. The van der Waals surface area contributed by atoms with Crippen molar-refractivity contribution in [2.45, 2.75) is 0 Å². The van der Waals surface area contributed by atoms with E-state index in [4.69, 9.17) is 0 Å². The minimum absolute atomic E-state index is 0. The molecule has 0 saturated heterocycles. The molecule has 0 amide bonds. The molecule has 0 unspecified atom stereocenters. The summed E-state index contributed by atoms with van der Waals surface area (Å²) in [5.41, 5.74) is 0. The summed E-state index contributed by atoms with van der Waals surface area (Å²) in [6.07, 6.45) is 0. The normalized spacial score (nSPS) is 0. The molecule has 0 aromatic heterocycles. The Morgan fingerprint density at radius 2 is 0.667 bits per heavy atom. The van der Waals surface area contributed by atoms with E-state index in [9.17, 15) is 0 Å². The SMILES string of the molecule is [Co+2].[La+3].[Li+].[O-2].[O-2].[O-2]. The van der Waals surface area contributed by atoms with Crippen molar-refractivity contribution >= 4 is 0 Å². The van der Waals surface area contributed by atoms with E-state index in [0.717, 1.165) is 0 Å². The van der Waals surface area contributed by atoms with Gasteiger partial charge in [-0.25, -0.2) is 0 Å². The van der Waals surface area contributed by atoms with Gasteiger partial charge in [0.2, 0.25) is 0 Å². The minimum atomic E-state index is 0. The summed E-state index contributed by atoms with van der Waals surface area (Å²) in [5, 5.41) is 0. The number of hydrogen-bond donors (Lipinski definition) is 0. The zero-order chi connectivity index (χ0) is 0. The van der Waals surface area contributed by atoms with Crippen molar-refractivity contribution in [1.29, 1.82) is 0 Å². The van der Waals surface area contributed by atoms with Crippen LogP contribution in [0.5, 0.6) is 0 Å². The summed E-state index contributed by atoms with van der Waals surface area (Å²) in [4.78, 5) is 0. The van der Waals surface area contributed by atoms with Crippen LogP contribution in [0.4, 0.5) is 0 Å². The molecule has 0 N–H and O–H groups in total. The second-order valence-corrected chi connectivity index (χ2v) is 0. The smallest absolute Gasteiger partial charge is 2.00 e. The van der Waals surface area contributed by atoms with Gasteiger partial charge in [0.1, 0.15) is 0 Å². The van der Waals surface area contributed by atoms with E-state index in [1.54, 1.807) is 0 Å². The second-order valence-electron chi connectivity index (χ2n) is 0. The molecule has 0 aliphatic carbocycles. The first kappa shape index (κ1) is 88.8. The molecule has 0 atom stereocenters. The fourth-order valence-electron chi connectivity index (χ4n) is 0. The van der Waals surface area contributed by atoms with Crippen LogP contribution in [0.3, 0.4) is 0 Å². The van der Waals surface area contributed by atoms with Crippen LogP contribution in [-0.4, -0.2) is 0 Å². The molecule has 31 valence electrons. The van der Waals surface area contributed by atoms with Gasteiger partial charge in [-0.05, 0) is 0 Å². The molecular formula is CoLaLiO3. The fourth-order valence-corrected chi connectivity index (χ4v) is 0. The van der Waals surface area contributed by atoms with Crippen molar-refractivity contribution in [2.75, 3.05) is 0 Å². The average Bonchev–Trinajstić information content (AvgIpc) is 0. The van der Waals surface area contributed by atoms with Crippen molar-refractivity contribution in [3.05, 3.63) is 0 Å². The van der Waals surface area contributed by atoms with Gasteiger partial charge in [0.05, 0.1) is 0 Å². The Kier molecular flexibility index (Phi) is 854. The van der Waals surface area contributed by atoms with Gasteiger partial charge < -0.3 is 16.4 Å². The molecule has 0 spiro atoms. The zero-order valence-electron chi connectivity index (χ0n) is 3.14. The third-order valence-corrected chi connectivity index (χ3v) is 0. The molecule has 0 heterocycles.